The number of benzene rings is 1. The third-order valence-electron chi connectivity index (χ3n) is 5.05. The Labute approximate surface area is 225 Å². The zero-order valence-electron chi connectivity index (χ0n) is 24.0. The molecule has 0 spiro atoms. The van der Waals surface area contributed by atoms with E-state index in [1.54, 1.807) is 7.05 Å². The molecule has 1 fully saturated rings. The van der Waals surface area contributed by atoms with Crippen LogP contribution in [0.25, 0.3) is 0 Å². The Hall–Kier alpha value is -2.81. The van der Waals surface area contributed by atoms with Crippen LogP contribution in [0, 0.1) is 5.92 Å². The van der Waals surface area contributed by atoms with Gasteiger partial charge in [0, 0.05) is 13.1 Å². The third kappa shape index (κ3) is 20.0. The van der Waals surface area contributed by atoms with E-state index in [2.05, 4.69) is 64.6 Å². The molecule has 1 aromatic rings. The summed E-state index contributed by atoms with van der Waals surface area (Å²) in [6, 6.07) is 10.4. The van der Waals surface area contributed by atoms with Gasteiger partial charge in [0.2, 0.25) is 0 Å². The van der Waals surface area contributed by atoms with Gasteiger partial charge in [-0.2, -0.15) is 5.10 Å². The monoisotopic (exact) mass is 517 g/mol. The van der Waals surface area contributed by atoms with Gasteiger partial charge in [0.15, 0.2) is 0 Å². The molecule has 1 atom stereocenters. The second-order valence-corrected chi connectivity index (χ2v) is 8.29. The fraction of sp³-hybridized carbons (Fsp3) is 0.552. The Morgan fingerprint density at radius 3 is 2.27 bits per heavy atom. The van der Waals surface area contributed by atoms with E-state index in [1.807, 2.05) is 65.0 Å². The van der Waals surface area contributed by atoms with Crippen molar-refractivity contribution >= 4 is 18.4 Å². The number of allylic oxidation sites excluding steroid dienone is 3. The minimum atomic E-state index is -0.0897. The second kappa shape index (κ2) is 26.3. The van der Waals surface area contributed by atoms with Crippen LogP contribution in [-0.2, 0) is 20.9 Å². The summed E-state index contributed by atoms with van der Waals surface area (Å²) in [6.07, 6.45) is 10.2. The minimum Gasteiger partial charge on any atom is -0.373 e. The van der Waals surface area contributed by atoms with Crippen molar-refractivity contribution in [3.63, 3.8) is 0 Å². The Balaban J connectivity index is 0. The van der Waals surface area contributed by atoms with Gasteiger partial charge < -0.3 is 30.9 Å². The maximum Gasteiger partial charge on any atom is 0.269 e. The number of hydrazone groups is 1. The third-order valence-corrected chi connectivity index (χ3v) is 5.05. The molecule has 210 valence electrons. The quantitative estimate of drug-likeness (QED) is 0.154. The van der Waals surface area contributed by atoms with E-state index >= 15 is 0 Å². The van der Waals surface area contributed by atoms with Gasteiger partial charge in [0.05, 0.1) is 19.3 Å². The van der Waals surface area contributed by atoms with Crippen molar-refractivity contribution in [1.82, 2.24) is 21.4 Å². The first-order chi connectivity index (χ1) is 18.0. The zero-order chi connectivity index (χ0) is 28.3. The van der Waals surface area contributed by atoms with Crippen molar-refractivity contribution < 1.29 is 14.3 Å². The summed E-state index contributed by atoms with van der Waals surface area (Å²) >= 11 is 0. The van der Waals surface area contributed by atoms with Gasteiger partial charge in [-0.1, -0.05) is 82.3 Å². The molecule has 0 saturated carbocycles. The van der Waals surface area contributed by atoms with Gasteiger partial charge in [-0.15, -0.1) is 0 Å². The van der Waals surface area contributed by atoms with Crippen LogP contribution in [0.4, 0.5) is 0 Å². The molecule has 0 aliphatic carbocycles. The highest BCUT2D eigenvalue weighted by Crippen LogP contribution is 2.03. The van der Waals surface area contributed by atoms with Gasteiger partial charge >= 0.3 is 0 Å². The molecular formula is C29H51N5O3. The van der Waals surface area contributed by atoms with Crippen LogP contribution in [0.2, 0.25) is 0 Å². The fourth-order valence-electron chi connectivity index (χ4n) is 3.07. The van der Waals surface area contributed by atoms with Gasteiger partial charge in [0.1, 0.15) is 12.5 Å². The summed E-state index contributed by atoms with van der Waals surface area (Å²) in [5.74, 6) is 0.517. The predicted octanol–water partition coefficient (Wildman–Crippen LogP) is 3.85. The predicted molar refractivity (Wildman–Crippen MR) is 157 cm³/mol. The Morgan fingerprint density at radius 1 is 1.11 bits per heavy atom. The highest BCUT2D eigenvalue weighted by Gasteiger charge is 2.22. The molecule has 1 unspecified atom stereocenters. The molecule has 37 heavy (non-hydrogen) atoms. The first-order valence-corrected chi connectivity index (χ1v) is 13.1. The topological polar surface area (TPSA) is 104 Å². The van der Waals surface area contributed by atoms with Crippen LogP contribution < -0.4 is 21.4 Å². The Kier molecular flexibility index (Phi) is 25.8. The van der Waals surface area contributed by atoms with Crippen LogP contribution in [0.5, 0.6) is 0 Å². The van der Waals surface area contributed by atoms with E-state index in [9.17, 15) is 4.79 Å². The molecule has 1 aromatic carbocycles. The number of nitrogens with one attached hydrogen (secondary N) is 4. The van der Waals surface area contributed by atoms with Crippen LogP contribution in [-0.4, -0.2) is 64.3 Å². The van der Waals surface area contributed by atoms with Crippen molar-refractivity contribution in [2.45, 2.75) is 66.2 Å². The van der Waals surface area contributed by atoms with Crippen molar-refractivity contribution in [3.05, 3.63) is 60.2 Å². The number of carbonyl (C=O) groups is 2. The summed E-state index contributed by atoms with van der Waals surface area (Å²) in [7, 11) is 3.51. The highest BCUT2D eigenvalue weighted by molar-refractivity contribution is 6.40. The molecule has 4 N–H and O–H groups in total. The number of amides is 1. The maximum atomic E-state index is 12.1. The molecular weight excluding hydrogens is 466 g/mol. The minimum absolute atomic E-state index is 0.0656. The van der Waals surface area contributed by atoms with Gasteiger partial charge in [-0.25, -0.2) is 0 Å². The first-order valence-electron chi connectivity index (χ1n) is 13.1. The number of hydrogen-bond acceptors (Lipinski definition) is 7. The lowest BCUT2D eigenvalue weighted by molar-refractivity contribution is -0.115. The molecule has 1 aliphatic heterocycles. The molecule has 8 nitrogen and oxygen atoms in total. The standard InChI is InChI=1S/C15H20O.C11H23N5O.C2H6.CH2O/c1-14(2)9-5-4-8-12-16-13-15-10-6-3-7-11-15;1-8(12-2)10(16-13-3)11(17)15-9-4-6-14-7-5-9;2*1-2/h3-11,14H,12-13H2,1-2H3;8-9,12-14H,4-7H2,1-3H3,(H,15,17);1-2H3;1H2/b8-4-,9-5-;16-10+;;. The lowest BCUT2D eigenvalue weighted by atomic mass is 10.1. The van der Waals surface area contributed by atoms with Crippen LogP contribution in [0.3, 0.4) is 0 Å². The number of rotatable bonds is 11. The lowest BCUT2D eigenvalue weighted by Gasteiger charge is -2.24. The normalized spacial score (nSPS) is 14.5. The molecule has 2 rings (SSSR count). The summed E-state index contributed by atoms with van der Waals surface area (Å²) in [5, 5.41) is 13.4. The van der Waals surface area contributed by atoms with Crippen molar-refractivity contribution in [2.75, 3.05) is 33.8 Å². The van der Waals surface area contributed by atoms with Crippen molar-refractivity contribution in [3.8, 4) is 0 Å². The van der Waals surface area contributed by atoms with E-state index in [4.69, 9.17) is 9.53 Å². The summed E-state index contributed by atoms with van der Waals surface area (Å²) in [5.41, 5.74) is 4.39. The van der Waals surface area contributed by atoms with Crippen LogP contribution in [0.1, 0.15) is 53.0 Å². The van der Waals surface area contributed by atoms with E-state index in [0.717, 1.165) is 25.9 Å². The molecule has 0 bridgehead atoms. The van der Waals surface area contributed by atoms with Gasteiger partial charge in [-0.05, 0) is 51.4 Å². The molecule has 8 heteroatoms. The Bertz CT molecular complexity index is 745. The molecule has 1 amide bonds. The number of piperidine rings is 1. The van der Waals surface area contributed by atoms with Crippen LogP contribution >= 0.6 is 0 Å². The van der Waals surface area contributed by atoms with E-state index in [0.29, 0.717) is 24.8 Å². The first kappa shape index (κ1) is 36.3. The smallest absolute Gasteiger partial charge is 0.269 e. The molecule has 0 aromatic heterocycles. The van der Waals surface area contributed by atoms with Gasteiger partial charge in [0.25, 0.3) is 5.91 Å². The van der Waals surface area contributed by atoms with E-state index < -0.39 is 0 Å². The average Bonchev–Trinajstić information content (AvgIpc) is 2.94. The summed E-state index contributed by atoms with van der Waals surface area (Å²) < 4.78 is 5.51. The van der Waals surface area contributed by atoms with E-state index in [1.165, 1.54) is 5.56 Å². The zero-order valence-corrected chi connectivity index (χ0v) is 24.0. The largest absolute Gasteiger partial charge is 0.373 e. The summed E-state index contributed by atoms with van der Waals surface area (Å²) in [4.78, 5) is 20.1. The number of carbonyl (C=O) groups excluding carboxylic acids is 2. The SMILES string of the molecule is C=O.CC.CC(C)/C=C\C=C/COCc1ccccc1.CN/N=C(/C(=O)NC1CCNCC1)C(C)NC. The number of hydrogen-bond donors (Lipinski definition) is 4. The van der Waals surface area contributed by atoms with E-state index in [-0.39, 0.29) is 18.0 Å². The number of nitrogens with zero attached hydrogens (tertiary/aromatic N) is 1. The number of ether oxygens (including phenoxy) is 1. The van der Waals surface area contributed by atoms with Crippen molar-refractivity contribution in [2.24, 2.45) is 11.0 Å². The molecule has 1 saturated heterocycles. The average molecular weight is 518 g/mol. The van der Waals surface area contributed by atoms with Crippen molar-refractivity contribution in [1.29, 1.82) is 0 Å². The molecule has 0 radical (unpaired) electrons. The lowest BCUT2D eigenvalue weighted by Crippen LogP contribution is -2.49. The molecule has 1 aliphatic rings. The summed E-state index contributed by atoms with van der Waals surface area (Å²) in [6.45, 7) is 15.5. The van der Waals surface area contributed by atoms with Gasteiger partial charge in [-0.3, -0.25) is 4.79 Å². The maximum absolute atomic E-state index is 12.1. The second-order valence-electron chi connectivity index (χ2n) is 8.29. The van der Waals surface area contributed by atoms with Crippen LogP contribution in [0.15, 0.2) is 59.7 Å². The molecule has 1 heterocycles. The Morgan fingerprint density at radius 2 is 1.73 bits per heavy atom. The highest BCUT2D eigenvalue weighted by atomic mass is 16.5. The fourth-order valence-corrected chi connectivity index (χ4v) is 3.07.